The third-order valence-electron chi connectivity index (χ3n) is 4.63. The fourth-order valence-electron chi connectivity index (χ4n) is 3.03. The van der Waals surface area contributed by atoms with Gasteiger partial charge in [0.25, 0.3) is 15.9 Å². The van der Waals surface area contributed by atoms with E-state index >= 15 is 0 Å². The van der Waals surface area contributed by atoms with E-state index in [0.717, 1.165) is 22.5 Å². The number of aromatic nitrogens is 2. The van der Waals surface area contributed by atoms with E-state index < -0.39 is 10.0 Å². The first-order valence-electron chi connectivity index (χ1n) is 9.80. The number of hydrogen-bond acceptors (Lipinski definition) is 6. The molecule has 0 aliphatic heterocycles. The van der Waals surface area contributed by atoms with Gasteiger partial charge in [0, 0.05) is 18.7 Å². The first-order chi connectivity index (χ1) is 15.5. The van der Waals surface area contributed by atoms with E-state index in [1.54, 1.807) is 30.3 Å². The van der Waals surface area contributed by atoms with Crippen molar-refractivity contribution in [2.75, 3.05) is 5.32 Å². The van der Waals surface area contributed by atoms with E-state index in [1.807, 2.05) is 60.7 Å². The number of hydrogen-bond donors (Lipinski definition) is 1. The average molecular weight is 465 g/mol. The molecule has 0 saturated carbocycles. The van der Waals surface area contributed by atoms with Gasteiger partial charge in [0.15, 0.2) is 0 Å². The monoisotopic (exact) mass is 464 g/mol. The first kappa shape index (κ1) is 21.8. The van der Waals surface area contributed by atoms with Gasteiger partial charge < -0.3 is 0 Å². The lowest BCUT2D eigenvalue weighted by Crippen LogP contribution is -2.30. The van der Waals surface area contributed by atoms with E-state index in [-0.39, 0.29) is 28.5 Å². The molecule has 9 heteroatoms. The Balaban J connectivity index is 1.58. The highest BCUT2D eigenvalue weighted by molar-refractivity contribution is 7.91. The second kappa shape index (κ2) is 9.82. The number of carbonyl (C=O) groups excluding carboxylic acids is 1. The van der Waals surface area contributed by atoms with Gasteiger partial charge in [-0.3, -0.25) is 10.1 Å². The molecule has 0 unspecified atom stereocenters. The molecular formula is C23H20N4O3S2. The summed E-state index contributed by atoms with van der Waals surface area (Å²) in [5.74, 6) is -0.379. The Morgan fingerprint density at radius 2 is 1.28 bits per heavy atom. The molecule has 7 nitrogen and oxygen atoms in total. The van der Waals surface area contributed by atoms with E-state index in [1.165, 1.54) is 4.31 Å². The van der Waals surface area contributed by atoms with Crippen LogP contribution in [0.15, 0.2) is 95.3 Å². The smallest absolute Gasteiger partial charge is 0.272 e. The van der Waals surface area contributed by atoms with Crippen LogP contribution >= 0.6 is 11.3 Å². The number of benzene rings is 3. The molecule has 32 heavy (non-hydrogen) atoms. The molecule has 4 rings (SSSR count). The van der Waals surface area contributed by atoms with Crippen molar-refractivity contribution < 1.29 is 13.2 Å². The highest BCUT2D eigenvalue weighted by atomic mass is 32.2. The highest BCUT2D eigenvalue weighted by Gasteiger charge is 2.29. The fourth-order valence-corrected chi connectivity index (χ4v) is 5.48. The predicted molar refractivity (Wildman–Crippen MR) is 124 cm³/mol. The Hall–Kier alpha value is -3.40. The van der Waals surface area contributed by atoms with Gasteiger partial charge in [-0.2, -0.15) is 4.31 Å². The second-order valence-corrected chi connectivity index (χ2v) is 10.0. The molecule has 1 N–H and O–H groups in total. The summed E-state index contributed by atoms with van der Waals surface area (Å²) in [5.41, 5.74) is 2.16. The minimum Gasteiger partial charge on any atom is -0.296 e. The third kappa shape index (κ3) is 5.25. The van der Waals surface area contributed by atoms with Gasteiger partial charge >= 0.3 is 0 Å². The molecule has 1 amide bonds. The van der Waals surface area contributed by atoms with Crippen LogP contribution in [0.3, 0.4) is 0 Å². The number of anilines is 1. The molecule has 0 radical (unpaired) electrons. The van der Waals surface area contributed by atoms with E-state index in [2.05, 4.69) is 15.5 Å². The first-order valence-corrected chi connectivity index (χ1v) is 12.1. The molecule has 1 aromatic heterocycles. The summed E-state index contributed by atoms with van der Waals surface area (Å²) in [7, 11) is -3.95. The SMILES string of the molecule is O=C(Nc1nnc(S(=O)(=O)N(Cc2ccccc2)Cc2ccccc2)s1)c1ccccc1. The average Bonchev–Trinajstić information content (AvgIpc) is 3.30. The van der Waals surface area contributed by atoms with Crippen LogP contribution in [0.25, 0.3) is 0 Å². The van der Waals surface area contributed by atoms with Gasteiger partial charge in [-0.25, -0.2) is 8.42 Å². The van der Waals surface area contributed by atoms with Crippen LogP contribution in [-0.4, -0.2) is 28.8 Å². The van der Waals surface area contributed by atoms with Gasteiger partial charge in [0.2, 0.25) is 9.47 Å². The lowest BCUT2D eigenvalue weighted by atomic mass is 10.2. The summed E-state index contributed by atoms with van der Waals surface area (Å²) in [6, 6.07) is 27.3. The summed E-state index contributed by atoms with van der Waals surface area (Å²) >= 11 is 0.828. The van der Waals surface area contributed by atoms with Crippen LogP contribution in [0.5, 0.6) is 0 Å². The fraction of sp³-hybridized carbons (Fsp3) is 0.0870. The largest absolute Gasteiger partial charge is 0.296 e. The molecule has 1 heterocycles. The number of nitrogens with one attached hydrogen (secondary N) is 1. The maximum absolute atomic E-state index is 13.4. The summed E-state index contributed by atoms with van der Waals surface area (Å²) in [5, 5.41) is 10.5. The summed E-state index contributed by atoms with van der Waals surface area (Å²) in [4.78, 5) is 12.4. The second-order valence-electron chi connectivity index (χ2n) is 6.94. The van der Waals surface area contributed by atoms with Crippen molar-refractivity contribution in [1.29, 1.82) is 0 Å². The van der Waals surface area contributed by atoms with Crippen molar-refractivity contribution in [1.82, 2.24) is 14.5 Å². The lowest BCUT2D eigenvalue weighted by Gasteiger charge is -2.21. The molecule has 162 valence electrons. The maximum Gasteiger partial charge on any atom is 0.272 e. The molecule has 3 aromatic carbocycles. The van der Waals surface area contributed by atoms with E-state index in [9.17, 15) is 13.2 Å². The van der Waals surface area contributed by atoms with Crippen LogP contribution in [0, 0.1) is 0 Å². The van der Waals surface area contributed by atoms with Gasteiger partial charge in [-0.05, 0) is 23.3 Å². The molecule has 4 aromatic rings. The number of sulfonamides is 1. The van der Waals surface area contributed by atoms with Gasteiger partial charge in [-0.15, -0.1) is 10.2 Å². The molecule has 0 bridgehead atoms. The van der Waals surface area contributed by atoms with Crippen molar-refractivity contribution in [3.8, 4) is 0 Å². The summed E-state index contributed by atoms with van der Waals surface area (Å²) < 4.78 is 28.1. The zero-order valence-electron chi connectivity index (χ0n) is 17.0. The van der Waals surface area contributed by atoms with Crippen molar-refractivity contribution in [2.24, 2.45) is 0 Å². The van der Waals surface area contributed by atoms with Gasteiger partial charge in [0.05, 0.1) is 0 Å². The quantitative estimate of drug-likeness (QED) is 0.395. The minimum atomic E-state index is -3.95. The highest BCUT2D eigenvalue weighted by Crippen LogP contribution is 2.26. The van der Waals surface area contributed by atoms with Crippen molar-refractivity contribution in [2.45, 2.75) is 17.4 Å². The topological polar surface area (TPSA) is 92.3 Å². The summed E-state index contributed by atoms with van der Waals surface area (Å²) in [6.45, 7) is 0.368. The van der Waals surface area contributed by atoms with Crippen LogP contribution in [-0.2, 0) is 23.1 Å². The molecule has 0 atom stereocenters. The number of amides is 1. The van der Waals surface area contributed by atoms with Crippen molar-refractivity contribution >= 4 is 32.4 Å². The Bertz CT molecular complexity index is 1240. The molecule has 0 aliphatic carbocycles. The zero-order valence-corrected chi connectivity index (χ0v) is 18.6. The molecule has 0 saturated heterocycles. The van der Waals surface area contributed by atoms with Gasteiger partial charge in [0.1, 0.15) is 0 Å². The zero-order chi connectivity index (χ0) is 22.4. The third-order valence-corrected chi connectivity index (χ3v) is 7.60. The molecule has 0 fully saturated rings. The lowest BCUT2D eigenvalue weighted by molar-refractivity contribution is 0.102. The predicted octanol–water partition coefficient (Wildman–Crippen LogP) is 4.18. The van der Waals surface area contributed by atoms with E-state index in [4.69, 9.17) is 0 Å². The van der Waals surface area contributed by atoms with Crippen LogP contribution in [0.2, 0.25) is 0 Å². The Morgan fingerprint density at radius 3 is 1.81 bits per heavy atom. The number of nitrogens with zero attached hydrogens (tertiary/aromatic N) is 3. The Morgan fingerprint density at radius 1 is 0.781 bits per heavy atom. The van der Waals surface area contributed by atoms with Crippen molar-refractivity contribution in [3.05, 3.63) is 108 Å². The number of carbonyl (C=O) groups is 1. The van der Waals surface area contributed by atoms with Crippen LogP contribution in [0.4, 0.5) is 5.13 Å². The standard InChI is InChI=1S/C23H20N4O3S2/c28-21(20-14-8-3-9-15-20)24-22-25-26-23(31-22)32(29,30)27(16-18-10-4-1-5-11-18)17-19-12-6-2-7-13-19/h1-15H,16-17H2,(H,24,25,28). The summed E-state index contributed by atoms with van der Waals surface area (Å²) in [6.07, 6.45) is 0. The molecule has 0 aliphatic rings. The molecular weight excluding hydrogens is 444 g/mol. The maximum atomic E-state index is 13.4. The minimum absolute atomic E-state index is 0.122. The van der Waals surface area contributed by atoms with Crippen molar-refractivity contribution in [3.63, 3.8) is 0 Å². The van der Waals surface area contributed by atoms with Crippen LogP contribution < -0.4 is 5.32 Å². The Kier molecular flexibility index (Phi) is 6.69. The number of rotatable bonds is 8. The Labute approximate surface area is 190 Å². The normalized spacial score (nSPS) is 11.4. The van der Waals surface area contributed by atoms with Crippen LogP contribution in [0.1, 0.15) is 21.5 Å². The molecule has 0 spiro atoms. The van der Waals surface area contributed by atoms with Gasteiger partial charge in [-0.1, -0.05) is 90.2 Å². The van der Waals surface area contributed by atoms with E-state index in [0.29, 0.717) is 5.56 Å².